The quantitative estimate of drug-likeness (QED) is 0.853. The minimum atomic E-state index is -0.0432. The highest BCUT2D eigenvalue weighted by Crippen LogP contribution is 2.22. The number of nitrogens with one attached hydrogen (secondary N) is 1. The van der Waals surface area contributed by atoms with E-state index >= 15 is 0 Å². The summed E-state index contributed by atoms with van der Waals surface area (Å²) in [7, 11) is 0. The van der Waals surface area contributed by atoms with Crippen LogP contribution in [0, 0.1) is 12.8 Å². The summed E-state index contributed by atoms with van der Waals surface area (Å²) in [6, 6.07) is 3.82. The molecule has 98 valence electrons. The number of nitrogens with zero attached hydrogens (tertiary/aromatic N) is 1. The van der Waals surface area contributed by atoms with Gasteiger partial charge in [0.05, 0.1) is 5.56 Å². The zero-order valence-electron chi connectivity index (χ0n) is 10.9. The van der Waals surface area contributed by atoms with Gasteiger partial charge in [-0.3, -0.25) is 9.78 Å². The van der Waals surface area contributed by atoms with E-state index in [1.54, 1.807) is 18.3 Å². The van der Waals surface area contributed by atoms with Crippen LogP contribution >= 0.6 is 0 Å². The first kappa shape index (κ1) is 13.0. The maximum Gasteiger partial charge on any atom is 0.253 e. The lowest BCUT2D eigenvalue weighted by Gasteiger charge is -2.28. The number of aromatic nitrogens is 1. The van der Waals surface area contributed by atoms with Crippen molar-refractivity contribution in [3.63, 3.8) is 0 Å². The summed E-state index contributed by atoms with van der Waals surface area (Å²) in [6.07, 6.45) is 6.33. The van der Waals surface area contributed by atoms with Crippen LogP contribution in [0.3, 0.4) is 0 Å². The van der Waals surface area contributed by atoms with E-state index in [1.165, 1.54) is 12.8 Å². The number of carbonyl (C=O) groups is 1. The number of pyridine rings is 1. The molecule has 1 heterocycles. The van der Waals surface area contributed by atoms with Gasteiger partial charge in [-0.2, -0.15) is 0 Å². The summed E-state index contributed by atoms with van der Waals surface area (Å²) in [6.45, 7) is 2.52. The minimum absolute atomic E-state index is 0.0432. The predicted octanol–water partition coefficient (Wildman–Crippen LogP) is 1.64. The van der Waals surface area contributed by atoms with E-state index in [9.17, 15) is 4.79 Å². The van der Waals surface area contributed by atoms with Gasteiger partial charge in [0.2, 0.25) is 0 Å². The van der Waals surface area contributed by atoms with Crippen LogP contribution in [0.5, 0.6) is 0 Å². The molecule has 3 N–H and O–H groups in total. The molecular weight excluding hydrogens is 226 g/mol. The highest BCUT2D eigenvalue weighted by molar-refractivity contribution is 5.95. The predicted molar refractivity (Wildman–Crippen MR) is 71.2 cm³/mol. The number of aryl methyl sites for hydroxylation is 1. The van der Waals surface area contributed by atoms with Gasteiger partial charge in [-0.1, -0.05) is 12.8 Å². The third kappa shape index (κ3) is 3.07. The zero-order valence-corrected chi connectivity index (χ0v) is 10.9. The second-order valence-corrected chi connectivity index (χ2v) is 5.05. The molecule has 0 aliphatic heterocycles. The Morgan fingerprint density at radius 1 is 1.50 bits per heavy atom. The van der Waals surface area contributed by atoms with Crippen molar-refractivity contribution in [1.29, 1.82) is 0 Å². The average Bonchev–Trinajstić information content (AvgIpc) is 2.38. The molecule has 0 bridgehead atoms. The second-order valence-electron chi connectivity index (χ2n) is 5.05. The fraction of sp³-hybridized carbons (Fsp3) is 0.571. The largest absolute Gasteiger partial charge is 0.352 e. The van der Waals surface area contributed by atoms with Crippen LogP contribution in [-0.4, -0.2) is 23.5 Å². The van der Waals surface area contributed by atoms with Gasteiger partial charge in [0.25, 0.3) is 5.91 Å². The maximum atomic E-state index is 12.0. The van der Waals surface area contributed by atoms with E-state index < -0.39 is 0 Å². The van der Waals surface area contributed by atoms with E-state index in [0.29, 0.717) is 18.0 Å². The molecule has 0 saturated heterocycles. The Balaban J connectivity index is 1.90. The lowest BCUT2D eigenvalue weighted by atomic mass is 9.85. The molecule has 1 saturated carbocycles. The van der Waals surface area contributed by atoms with Gasteiger partial charge >= 0.3 is 0 Å². The molecule has 0 aromatic carbocycles. The van der Waals surface area contributed by atoms with Crippen LogP contribution in [0.25, 0.3) is 0 Å². The zero-order chi connectivity index (χ0) is 13.0. The monoisotopic (exact) mass is 247 g/mol. The van der Waals surface area contributed by atoms with Crippen molar-refractivity contribution in [3.05, 3.63) is 29.6 Å². The number of hydrogen-bond donors (Lipinski definition) is 2. The molecule has 18 heavy (non-hydrogen) atoms. The van der Waals surface area contributed by atoms with E-state index in [4.69, 9.17) is 5.73 Å². The smallest absolute Gasteiger partial charge is 0.253 e. The Labute approximate surface area is 108 Å². The van der Waals surface area contributed by atoms with Crippen molar-refractivity contribution in [2.24, 2.45) is 11.7 Å². The summed E-state index contributed by atoms with van der Waals surface area (Å²) in [5.41, 5.74) is 7.49. The maximum absolute atomic E-state index is 12.0. The summed E-state index contributed by atoms with van der Waals surface area (Å²) in [5.74, 6) is 0.373. The summed E-state index contributed by atoms with van der Waals surface area (Å²) < 4.78 is 0. The van der Waals surface area contributed by atoms with Crippen molar-refractivity contribution in [2.75, 3.05) is 6.54 Å². The average molecular weight is 247 g/mol. The van der Waals surface area contributed by atoms with Crippen LogP contribution < -0.4 is 11.1 Å². The molecule has 0 radical (unpaired) electrons. The van der Waals surface area contributed by atoms with Crippen molar-refractivity contribution in [2.45, 2.75) is 38.6 Å². The van der Waals surface area contributed by atoms with Crippen LogP contribution in [0.15, 0.2) is 18.3 Å². The molecule has 1 aromatic rings. The first-order chi connectivity index (χ1) is 8.68. The lowest BCUT2D eigenvalue weighted by Crippen LogP contribution is -2.41. The normalized spacial score (nSPS) is 23.7. The lowest BCUT2D eigenvalue weighted by molar-refractivity contribution is 0.0940. The Bertz CT molecular complexity index is 419. The molecule has 4 heteroatoms. The number of nitrogens with two attached hydrogens (primary N) is 1. The first-order valence-electron chi connectivity index (χ1n) is 6.64. The van der Waals surface area contributed by atoms with Gasteiger partial charge in [0, 0.05) is 24.5 Å². The molecule has 1 aliphatic carbocycles. The molecule has 1 aliphatic rings. The highest BCUT2D eigenvalue weighted by Gasteiger charge is 2.22. The van der Waals surface area contributed by atoms with Crippen molar-refractivity contribution in [3.8, 4) is 0 Å². The number of hydrogen-bond acceptors (Lipinski definition) is 3. The van der Waals surface area contributed by atoms with Crippen molar-refractivity contribution < 1.29 is 4.79 Å². The summed E-state index contributed by atoms with van der Waals surface area (Å²) in [5, 5.41) is 2.98. The molecule has 1 fully saturated rings. The molecule has 1 amide bonds. The standard InChI is InChI=1S/C14H21N3O/c1-10-12(6-4-8-16-10)14(18)17-9-11-5-2-3-7-13(11)15/h4,6,8,11,13H,2-3,5,7,9,15H2,1H3,(H,17,18). The third-order valence-electron chi connectivity index (χ3n) is 3.74. The Morgan fingerprint density at radius 2 is 2.28 bits per heavy atom. The van der Waals surface area contributed by atoms with Gasteiger partial charge in [0.15, 0.2) is 0 Å². The summed E-state index contributed by atoms with van der Waals surface area (Å²) in [4.78, 5) is 16.1. The third-order valence-corrected chi connectivity index (χ3v) is 3.74. The number of amides is 1. The fourth-order valence-corrected chi connectivity index (χ4v) is 2.53. The Hall–Kier alpha value is -1.42. The Morgan fingerprint density at radius 3 is 3.00 bits per heavy atom. The van der Waals surface area contributed by atoms with E-state index in [1.807, 2.05) is 6.92 Å². The van der Waals surface area contributed by atoms with E-state index in [-0.39, 0.29) is 11.9 Å². The van der Waals surface area contributed by atoms with Gasteiger partial charge in [0.1, 0.15) is 0 Å². The topological polar surface area (TPSA) is 68.0 Å². The fourth-order valence-electron chi connectivity index (χ4n) is 2.53. The van der Waals surface area contributed by atoms with Crippen LogP contribution in [0.1, 0.15) is 41.7 Å². The van der Waals surface area contributed by atoms with Crippen molar-refractivity contribution >= 4 is 5.91 Å². The van der Waals surface area contributed by atoms with E-state index in [2.05, 4.69) is 10.3 Å². The molecule has 2 atom stereocenters. The van der Waals surface area contributed by atoms with Gasteiger partial charge < -0.3 is 11.1 Å². The molecule has 2 unspecified atom stereocenters. The van der Waals surface area contributed by atoms with Gasteiger partial charge in [-0.25, -0.2) is 0 Å². The van der Waals surface area contributed by atoms with Gasteiger partial charge in [-0.15, -0.1) is 0 Å². The van der Waals surface area contributed by atoms with Crippen molar-refractivity contribution in [1.82, 2.24) is 10.3 Å². The molecular formula is C14H21N3O. The highest BCUT2D eigenvalue weighted by atomic mass is 16.1. The first-order valence-corrected chi connectivity index (χ1v) is 6.64. The molecule has 2 rings (SSSR count). The summed E-state index contributed by atoms with van der Waals surface area (Å²) >= 11 is 0. The van der Waals surface area contributed by atoms with Crippen LogP contribution in [-0.2, 0) is 0 Å². The second kappa shape index (κ2) is 5.96. The molecule has 0 spiro atoms. The van der Waals surface area contributed by atoms with E-state index in [0.717, 1.165) is 18.5 Å². The SMILES string of the molecule is Cc1ncccc1C(=O)NCC1CCCCC1N. The van der Waals surface area contributed by atoms with Crippen LogP contribution in [0.2, 0.25) is 0 Å². The molecule has 4 nitrogen and oxygen atoms in total. The minimum Gasteiger partial charge on any atom is -0.352 e. The van der Waals surface area contributed by atoms with Crippen LogP contribution in [0.4, 0.5) is 0 Å². The molecule has 1 aromatic heterocycles. The van der Waals surface area contributed by atoms with Gasteiger partial charge in [-0.05, 0) is 37.8 Å². The number of rotatable bonds is 3. The Kier molecular flexibility index (Phi) is 4.31. The number of carbonyl (C=O) groups excluding carboxylic acids is 1.